The van der Waals surface area contributed by atoms with Crippen LogP contribution in [0.3, 0.4) is 0 Å². The van der Waals surface area contributed by atoms with Crippen molar-refractivity contribution in [2.24, 2.45) is 11.7 Å². The maximum absolute atomic E-state index is 11.8. The SMILES string of the molecule is CC(C)[C@@H](Oc1ccc(Cl)cc1Br)C(=O)NC(N)=O. The summed E-state index contributed by atoms with van der Waals surface area (Å²) in [4.78, 5) is 22.5. The van der Waals surface area contributed by atoms with E-state index in [1.165, 1.54) is 0 Å². The number of urea groups is 1. The quantitative estimate of drug-likeness (QED) is 0.877. The number of amides is 3. The van der Waals surface area contributed by atoms with Crippen molar-refractivity contribution in [1.29, 1.82) is 0 Å². The number of ether oxygens (including phenoxy) is 1. The van der Waals surface area contributed by atoms with E-state index in [4.69, 9.17) is 22.1 Å². The molecule has 0 spiro atoms. The molecule has 0 radical (unpaired) electrons. The molecule has 0 aliphatic carbocycles. The molecule has 3 N–H and O–H groups in total. The van der Waals surface area contributed by atoms with Gasteiger partial charge in [0.15, 0.2) is 6.10 Å². The van der Waals surface area contributed by atoms with Crippen LogP contribution in [-0.4, -0.2) is 18.0 Å². The molecular weight excluding hydrogens is 336 g/mol. The van der Waals surface area contributed by atoms with E-state index < -0.39 is 18.0 Å². The third-order valence-corrected chi connectivity index (χ3v) is 3.11. The number of benzene rings is 1. The van der Waals surface area contributed by atoms with E-state index in [9.17, 15) is 9.59 Å². The summed E-state index contributed by atoms with van der Waals surface area (Å²) in [7, 11) is 0. The van der Waals surface area contributed by atoms with Gasteiger partial charge in [-0.3, -0.25) is 10.1 Å². The van der Waals surface area contributed by atoms with E-state index in [0.717, 1.165) is 0 Å². The van der Waals surface area contributed by atoms with Gasteiger partial charge in [-0.2, -0.15) is 0 Å². The van der Waals surface area contributed by atoms with Gasteiger partial charge in [-0.05, 0) is 40.0 Å². The summed E-state index contributed by atoms with van der Waals surface area (Å²) in [6.07, 6.45) is -0.829. The molecule has 0 saturated carbocycles. The lowest BCUT2D eigenvalue weighted by molar-refractivity contribution is -0.128. The molecule has 0 bridgehead atoms. The van der Waals surface area contributed by atoms with E-state index in [-0.39, 0.29) is 5.92 Å². The van der Waals surface area contributed by atoms with Crippen molar-refractivity contribution >= 4 is 39.5 Å². The van der Waals surface area contributed by atoms with Gasteiger partial charge in [0.25, 0.3) is 5.91 Å². The Bertz CT molecular complexity index is 494. The third kappa shape index (κ3) is 4.72. The Balaban J connectivity index is 2.89. The molecule has 3 amide bonds. The number of carbonyl (C=O) groups excluding carboxylic acids is 2. The lowest BCUT2D eigenvalue weighted by atomic mass is 10.1. The first-order valence-corrected chi connectivity index (χ1v) is 6.70. The zero-order chi connectivity index (χ0) is 14.6. The zero-order valence-electron chi connectivity index (χ0n) is 10.4. The van der Waals surface area contributed by atoms with Crippen LogP contribution in [0, 0.1) is 5.92 Å². The van der Waals surface area contributed by atoms with Gasteiger partial charge < -0.3 is 10.5 Å². The van der Waals surface area contributed by atoms with Gasteiger partial charge in [0.2, 0.25) is 0 Å². The summed E-state index contributed by atoms with van der Waals surface area (Å²) in [5.74, 6) is -0.256. The number of hydrogen-bond acceptors (Lipinski definition) is 3. The van der Waals surface area contributed by atoms with E-state index in [1.807, 2.05) is 5.32 Å². The van der Waals surface area contributed by atoms with Crippen molar-refractivity contribution in [3.63, 3.8) is 0 Å². The Hall–Kier alpha value is -1.27. The van der Waals surface area contributed by atoms with E-state index in [2.05, 4.69) is 15.9 Å². The minimum atomic E-state index is -0.908. The number of hydrogen-bond donors (Lipinski definition) is 2. The van der Waals surface area contributed by atoms with Crippen molar-refractivity contribution in [2.75, 3.05) is 0 Å². The third-order valence-electron chi connectivity index (χ3n) is 2.26. The van der Waals surface area contributed by atoms with Gasteiger partial charge in [0.05, 0.1) is 4.47 Å². The summed E-state index contributed by atoms with van der Waals surface area (Å²) in [6, 6.07) is 4.03. The lowest BCUT2D eigenvalue weighted by Crippen LogP contribution is -2.46. The summed E-state index contributed by atoms with van der Waals surface area (Å²) in [6.45, 7) is 3.60. The average Bonchev–Trinajstić information content (AvgIpc) is 2.26. The van der Waals surface area contributed by atoms with E-state index >= 15 is 0 Å². The predicted molar refractivity (Wildman–Crippen MR) is 76.1 cm³/mol. The molecule has 7 heteroatoms. The maximum Gasteiger partial charge on any atom is 0.318 e. The molecule has 1 aromatic rings. The highest BCUT2D eigenvalue weighted by Gasteiger charge is 2.26. The minimum absolute atomic E-state index is 0.137. The van der Waals surface area contributed by atoms with Gasteiger partial charge in [0, 0.05) is 5.02 Å². The Morgan fingerprint density at radius 2 is 2.05 bits per heavy atom. The Morgan fingerprint density at radius 1 is 1.42 bits per heavy atom. The summed E-state index contributed by atoms with van der Waals surface area (Å²) >= 11 is 9.11. The first kappa shape index (κ1) is 15.8. The van der Waals surface area contributed by atoms with Crippen LogP contribution in [0.2, 0.25) is 5.02 Å². The predicted octanol–water partition coefficient (Wildman–Crippen LogP) is 2.70. The fourth-order valence-electron chi connectivity index (χ4n) is 1.39. The van der Waals surface area contributed by atoms with Gasteiger partial charge in [-0.15, -0.1) is 0 Å². The molecule has 1 aromatic carbocycles. The number of primary amides is 1. The highest BCUT2D eigenvalue weighted by Crippen LogP contribution is 2.29. The van der Waals surface area contributed by atoms with Gasteiger partial charge in [0.1, 0.15) is 5.75 Å². The van der Waals surface area contributed by atoms with Crippen LogP contribution < -0.4 is 15.8 Å². The fraction of sp³-hybridized carbons (Fsp3) is 0.333. The molecule has 0 aliphatic heterocycles. The molecule has 1 rings (SSSR count). The van der Waals surface area contributed by atoms with Crippen LogP contribution in [0.4, 0.5) is 4.79 Å². The molecule has 0 saturated heterocycles. The van der Waals surface area contributed by atoms with Crippen LogP contribution in [-0.2, 0) is 4.79 Å². The first-order chi connectivity index (χ1) is 8.81. The standard InChI is InChI=1S/C12H14BrClN2O3/c1-6(2)10(11(17)16-12(15)18)19-9-4-3-7(14)5-8(9)13/h3-6,10H,1-2H3,(H3,15,16,17,18)/t10-/m1/s1. The molecule has 0 fully saturated rings. The topological polar surface area (TPSA) is 81.4 Å². The lowest BCUT2D eigenvalue weighted by Gasteiger charge is -2.21. The number of nitrogens with two attached hydrogens (primary N) is 1. The molecule has 0 heterocycles. The van der Waals surface area contributed by atoms with Crippen molar-refractivity contribution in [3.8, 4) is 5.75 Å². The maximum atomic E-state index is 11.8. The molecule has 1 atom stereocenters. The zero-order valence-corrected chi connectivity index (χ0v) is 12.8. The Labute approximate surface area is 124 Å². The molecule has 104 valence electrons. The second-order valence-corrected chi connectivity index (χ2v) is 5.50. The molecule has 19 heavy (non-hydrogen) atoms. The molecule has 5 nitrogen and oxygen atoms in total. The number of carbonyl (C=O) groups is 2. The van der Waals surface area contributed by atoms with Crippen molar-refractivity contribution in [2.45, 2.75) is 20.0 Å². The largest absolute Gasteiger partial charge is 0.479 e. The summed E-state index contributed by atoms with van der Waals surface area (Å²) in [5, 5.41) is 2.55. The summed E-state index contributed by atoms with van der Waals surface area (Å²) < 4.78 is 6.22. The Kier molecular flexibility index (Phi) is 5.62. The number of rotatable bonds is 4. The van der Waals surface area contributed by atoms with Crippen molar-refractivity contribution in [3.05, 3.63) is 27.7 Å². The van der Waals surface area contributed by atoms with Gasteiger partial charge in [-0.1, -0.05) is 25.4 Å². The molecule has 0 unspecified atom stereocenters. The average molecular weight is 350 g/mol. The van der Waals surface area contributed by atoms with Crippen LogP contribution in [0.15, 0.2) is 22.7 Å². The number of imide groups is 1. The monoisotopic (exact) mass is 348 g/mol. The normalized spacial score (nSPS) is 12.1. The van der Waals surface area contributed by atoms with E-state index in [1.54, 1.807) is 32.0 Å². The van der Waals surface area contributed by atoms with Gasteiger partial charge in [-0.25, -0.2) is 4.79 Å². The Morgan fingerprint density at radius 3 is 2.53 bits per heavy atom. The minimum Gasteiger partial charge on any atom is -0.479 e. The van der Waals surface area contributed by atoms with Crippen molar-refractivity contribution in [1.82, 2.24) is 5.32 Å². The highest BCUT2D eigenvalue weighted by molar-refractivity contribution is 9.10. The molecule has 0 aliphatic rings. The van der Waals surface area contributed by atoms with Crippen LogP contribution in [0.5, 0.6) is 5.75 Å². The second kappa shape index (κ2) is 6.77. The van der Waals surface area contributed by atoms with Crippen molar-refractivity contribution < 1.29 is 14.3 Å². The molecule has 0 aromatic heterocycles. The van der Waals surface area contributed by atoms with Crippen LogP contribution >= 0.6 is 27.5 Å². The number of nitrogens with one attached hydrogen (secondary N) is 1. The van der Waals surface area contributed by atoms with Gasteiger partial charge >= 0.3 is 6.03 Å². The fourth-order valence-corrected chi connectivity index (χ4v) is 2.17. The first-order valence-electron chi connectivity index (χ1n) is 5.53. The summed E-state index contributed by atoms with van der Waals surface area (Å²) in [5.41, 5.74) is 4.92. The highest BCUT2D eigenvalue weighted by atomic mass is 79.9. The second-order valence-electron chi connectivity index (χ2n) is 4.21. The molecular formula is C12H14BrClN2O3. The van der Waals surface area contributed by atoms with Crippen LogP contribution in [0.25, 0.3) is 0 Å². The van der Waals surface area contributed by atoms with Crippen LogP contribution in [0.1, 0.15) is 13.8 Å². The smallest absolute Gasteiger partial charge is 0.318 e. The van der Waals surface area contributed by atoms with E-state index in [0.29, 0.717) is 15.2 Å². The number of halogens is 2.